The third-order valence-electron chi connectivity index (χ3n) is 3.47. The summed E-state index contributed by atoms with van der Waals surface area (Å²) in [5.41, 5.74) is -0.911. The third kappa shape index (κ3) is 3.32. The van der Waals surface area contributed by atoms with Crippen molar-refractivity contribution < 1.29 is 22.7 Å². The van der Waals surface area contributed by atoms with Gasteiger partial charge in [-0.25, -0.2) is 0 Å². The summed E-state index contributed by atoms with van der Waals surface area (Å²) in [6.45, 7) is 0. The molecular formula is C18H12F3NO2. The molecule has 122 valence electrons. The maximum atomic E-state index is 12.8. The molecule has 24 heavy (non-hydrogen) atoms. The number of anilines is 1. The monoisotopic (exact) mass is 331 g/mol. The molecule has 3 aromatic carbocycles. The molecule has 1 N–H and O–H groups in total. The van der Waals surface area contributed by atoms with E-state index in [0.29, 0.717) is 12.2 Å². The summed E-state index contributed by atoms with van der Waals surface area (Å²) in [6.07, 6.45) is -4.19. The van der Waals surface area contributed by atoms with Gasteiger partial charge in [0.2, 0.25) is 6.41 Å². The van der Waals surface area contributed by atoms with Crippen LogP contribution in [0.5, 0.6) is 11.5 Å². The minimum Gasteiger partial charge on any atom is -0.455 e. The van der Waals surface area contributed by atoms with Crippen molar-refractivity contribution >= 4 is 22.9 Å². The van der Waals surface area contributed by atoms with Crippen LogP contribution in [-0.4, -0.2) is 6.41 Å². The Balaban J connectivity index is 1.96. The summed E-state index contributed by atoms with van der Waals surface area (Å²) < 4.78 is 44.0. The topological polar surface area (TPSA) is 38.3 Å². The Morgan fingerprint density at radius 2 is 1.67 bits per heavy atom. The highest BCUT2D eigenvalue weighted by Crippen LogP contribution is 2.37. The van der Waals surface area contributed by atoms with Gasteiger partial charge in [0.25, 0.3) is 0 Å². The fourth-order valence-electron chi connectivity index (χ4n) is 2.33. The highest BCUT2D eigenvalue weighted by Gasteiger charge is 2.31. The van der Waals surface area contributed by atoms with Crippen molar-refractivity contribution in [2.75, 3.05) is 5.32 Å². The third-order valence-corrected chi connectivity index (χ3v) is 3.47. The predicted molar refractivity (Wildman–Crippen MR) is 85.2 cm³/mol. The first-order valence-corrected chi connectivity index (χ1v) is 7.05. The Morgan fingerprint density at radius 1 is 0.917 bits per heavy atom. The second kappa shape index (κ2) is 6.23. The maximum absolute atomic E-state index is 12.8. The van der Waals surface area contributed by atoms with E-state index in [2.05, 4.69) is 5.32 Å². The lowest BCUT2D eigenvalue weighted by molar-refractivity contribution is -0.137. The van der Waals surface area contributed by atoms with Crippen LogP contribution in [0, 0.1) is 0 Å². The lowest BCUT2D eigenvalue weighted by Crippen LogP contribution is -2.06. The molecule has 0 bridgehead atoms. The number of ether oxygens (including phenoxy) is 1. The smallest absolute Gasteiger partial charge is 0.416 e. The number of benzene rings is 3. The molecular weight excluding hydrogens is 319 g/mol. The van der Waals surface area contributed by atoms with E-state index < -0.39 is 11.7 Å². The predicted octanol–water partition coefficient (Wildman–Crippen LogP) is 5.22. The number of hydrogen-bond acceptors (Lipinski definition) is 2. The van der Waals surface area contributed by atoms with Gasteiger partial charge in [0, 0.05) is 0 Å². The molecule has 0 aromatic heterocycles. The van der Waals surface area contributed by atoms with E-state index in [4.69, 9.17) is 4.74 Å². The Labute approximate surface area is 135 Å². The molecule has 0 spiro atoms. The van der Waals surface area contributed by atoms with E-state index in [1.165, 1.54) is 6.07 Å². The van der Waals surface area contributed by atoms with Crippen molar-refractivity contribution in [1.29, 1.82) is 0 Å². The molecule has 1 amide bonds. The molecule has 0 saturated heterocycles. The van der Waals surface area contributed by atoms with E-state index in [9.17, 15) is 18.0 Å². The molecule has 0 aliphatic carbocycles. The Morgan fingerprint density at radius 3 is 2.38 bits per heavy atom. The summed E-state index contributed by atoms with van der Waals surface area (Å²) in [6, 6.07) is 15.9. The molecule has 0 fully saturated rings. The Kier molecular flexibility index (Phi) is 4.12. The molecule has 6 heteroatoms. The fourth-order valence-corrected chi connectivity index (χ4v) is 2.33. The zero-order chi connectivity index (χ0) is 17.2. The van der Waals surface area contributed by atoms with Gasteiger partial charge in [0.05, 0.1) is 11.3 Å². The summed E-state index contributed by atoms with van der Waals surface area (Å²) in [7, 11) is 0. The van der Waals surface area contributed by atoms with Gasteiger partial charge in [-0.05, 0) is 41.1 Å². The van der Waals surface area contributed by atoms with Gasteiger partial charge in [-0.2, -0.15) is 13.2 Å². The average Bonchev–Trinajstić information content (AvgIpc) is 2.55. The lowest BCUT2D eigenvalue weighted by atomic mass is 10.1. The van der Waals surface area contributed by atoms with Gasteiger partial charge in [-0.1, -0.05) is 30.3 Å². The average molecular weight is 331 g/mol. The van der Waals surface area contributed by atoms with Gasteiger partial charge in [0.1, 0.15) is 5.75 Å². The highest BCUT2D eigenvalue weighted by atomic mass is 19.4. The van der Waals surface area contributed by atoms with E-state index in [-0.39, 0.29) is 11.4 Å². The first-order chi connectivity index (χ1) is 11.5. The number of nitrogens with one attached hydrogen (secondary N) is 1. The van der Waals surface area contributed by atoms with Crippen LogP contribution in [0.1, 0.15) is 5.56 Å². The van der Waals surface area contributed by atoms with Crippen LogP contribution in [0.2, 0.25) is 0 Å². The van der Waals surface area contributed by atoms with Crippen molar-refractivity contribution in [2.24, 2.45) is 0 Å². The van der Waals surface area contributed by atoms with Gasteiger partial charge >= 0.3 is 6.18 Å². The largest absolute Gasteiger partial charge is 0.455 e. The fraction of sp³-hybridized carbons (Fsp3) is 0.0556. The molecule has 0 atom stereocenters. The number of hydrogen-bond donors (Lipinski definition) is 1. The maximum Gasteiger partial charge on any atom is 0.416 e. The molecule has 0 unspecified atom stereocenters. The summed E-state index contributed by atoms with van der Waals surface area (Å²) in [5, 5.41) is 4.19. The molecule has 0 heterocycles. The normalized spacial score (nSPS) is 11.3. The second-order valence-electron chi connectivity index (χ2n) is 5.08. The molecule has 0 radical (unpaired) electrons. The number of halogens is 3. The van der Waals surface area contributed by atoms with Gasteiger partial charge in [-0.15, -0.1) is 0 Å². The van der Waals surface area contributed by atoms with Crippen LogP contribution in [0.3, 0.4) is 0 Å². The highest BCUT2D eigenvalue weighted by molar-refractivity contribution is 5.84. The number of alkyl halides is 3. The minimum atomic E-state index is -4.50. The number of amides is 1. The SMILES string of the molecule is O=CNc1cc(C(F)(F)F)ccc1Oc1ccc2ccccc2c1. The van der Waals surface area contributed by atoms with Crippen LogP contribution in [0.25, 0.3) is 10.8 Å². The van der Waals surface area contributed by atoms with Crippen molar-refractivity contribution in [3.63, 3.8) is 0 Å². The number of carbonyl (C=O) groups excluding carboxylic acids is 1. The summed E-state index contributed by atoms with van der Waals surface area (Å²) >= 11 is 0. The van der Waals surface area contributed by atoms with E-state index >= 15 is 0 Å². The van der Waals surface area contributed by atoms with Gasteiger partial charge in [-0.3, -0.25) is 4.79 Å². The minimum absolute atomic E-state index is 0.0482. The van der Waals surface area contributed by atoms with E-state index in [1.807, 2.05) is 30.3 Å². The molecule has 3 nitrogen and oxygen atoms in total. The van der Waals surface area contributed by atoms with E-state index in [0.717, 1.165) is 22.9 Å². The van der Waals surface area contributed by atoms with Crippen molar-refractivity contribution in [3.8, 4) is 11.5 Å². The molecule has 3 rings (SSSR count). The number of rotatable bonds is 4. The van der Waals surface area contributed by atoms with Crippen molar-refractivity contribution in [1.82, 2.24) is 0 Å². The number of carbonyl (C=O) groups is 1. The van der Waals surface area contributed by atoms with Crippen LogP contribution in [0.15, 0.2) is 60.7 Å². The summed E-state index contributed by atoms with van der Waals surface area (Å²) in [5.74, 6) is 0.591. The zero-order valence-electron chi connectivity index (χ0n) is 12.3. The molecule has 0 saturated carbocycles. The van der Waals surface area contributed by atoms with Crippen molar-refractivity contribution in [3.05, 3.63) is 66.2 Å². The first kappa shape index (κ1) is 15.9. The van der Waals surface area contributed by atoms with Crippen LogP contribution in [-0.2, 0) is 11.0 Å². The quantitative estimate of drug-likeness (QED) is 0.666. The number of fused-ring (bicyclic) bond motifs is 1. The molecule has 0 aliphatic heterocycles. The van der Waals surface area contributed by atoms with E-state index in [1.54, 1.807) is 12.1 Å². The van der Waals surface area contributed by atoms with Gasteiger partial charge < -0.3 is 10.1 Å². The Hall–Kier alpha value is -3.02. The second-order valence-corrected chi connectivity index (χ2v) is 5.08. The first-order valence-electron chi connectivity index (χ1n) is 7.05. The van der Waals surface area contributed by atoms with Crippen LogP contribution in [0.4, 0.5) is 18.9 Å². The van der Waals surface area contributed by atoms with Crippen LogP contribution >= 0.6 is 0 Å². The van der Waals surface area contributed by atoms with Crippen molar-refractivity contribution in [2.45, 2.75) is 6.18 Å². The summed E-state index contributed by atoms with van der Waals surface area (Å²) in [4.78, 5) is 10.7. The zero-order valence-corrected chi connectivity index (χ0v) is 12.3. The molecule has 3 aromatic rings. The lowest BCUT2D eigenvalue weighted by Gasteiger charge is -2.14. The standard InChI is InChI=1S/C18H12F3NO2/c19-18(20,21)14-6-8-17(16(10-14)22-11-23)24-15-7-5-12-3-1-2-4-13(12)9-15/h1-11H,(H,22,23). The van der Waals surface area contributed by atoms with Gasteiger partial charge in [0.15, 0.2) is 5.75 Å². The Bertz CT molecular complexity index is 891. The van der Waals surface area contributed by atoms with Crippen LogP contribution < -0.4 is 10.1 Å². The molecule has 0 aliphatic rings.